The average molecular weight is 193 g/mol. The van der Waals surface area contributed by atoms with Gasteiger partial charge in [0.2, 0.25) is 6.79 Å². The maximum absolute atomic E-state index is 5.59. The van der Waals surface area contributed by atoms with Gasteiger partial charge in [-0.25, -0.2) is 0 Å². The molecule has 0 unspecified atom stereocenters. The first-order valence-electron chi connectivity index (χ1n) is 4.89. The van der Waals surface area contributed by atoms with Crippen molar-refractivity contribution in [1.29, 1.82) is 0 Å². The Bertz CT molecular complexity index is 325. The molecule has 2 N–H and O–H groups in total. The highest BCUT2D eigenvalue weighted by atomic mass is 16.7. The van der Waals surface area contributed by atoms with Crippen LogP contribution in [0.1, 0.15) is 12.5 Å². The Morgan fingerprint density at radius 3 is 3.07 bits per heavy atom. The first-order chi connectivity index (χ1) is 6.81. The average Bonchev–Trinajstić information content (AvgIpc) is 2.66. The molecule has 3 heteroatoms. The van der Waals surface area contributed by atoms with Crippen LogP contribution in [0.15, 0.2) is 18.2 Å². The Balaban J connectivity index is 2.22. The highest BCUT2D eigenvalue weighted by Crippen LogP contribution is 2.36. The van der Waals surface area contributed by atoms with E-state index in [9.17, 15) is 0 Å². The molecule has 1 aliphatic rings. The summed E-state index contributed by atoms with van der Waals surface area (Å²) in [4.78, 5) is 0. The lowest BCUT2D eigenvalue weighted by molar-refractivity contribution is 0.173. The highest BCUT2D eigenvalue weighted by Gasteiger charge is 2.17. The van der Waals surface area contributed by atoms with E-state index in [1.54, 1.807) is 0 Å². The monoisotopic (exact) mass is 193 g/mol. The van der Waals surface area contributed by atoms with Gasteiger partial charge in [-0.05, 0) is 30.5 Å². The molecule has 0 fully saturated rings. The summed E-state index contributed by atoms with van der Waals surface area (Å²) < 4.78 is 10.7. The minimum Gasteiger partial charge on any atom is -0.454 e. The van der Waals surface area contributed by atoms with Crippen molar-refractivity contribution in [2.24, 2.45) is 11.7 Å². The third-order valence-electron chi connectivity index (χ3n) is 2.45. The number of fused-ring (bicyclic) bond motifs is 1. The third kappa shape index (κ3) is 1.68. The molecular formula is C11H15NO2. The van der Waals surface area contributed by atoms with Gasteiger partial charge in [0.15, 0.2) is 11.5 Å². The van der Waals surface area contributed by atoms with Crippen molar-refractivity contribution in [1.82, 2.24) is 0 Å². The lowest BCUT2D eigenvalue weighted by Gasteiger charge is -2.10. The number of hydrogen-bond donors (Lipinski definition) is 1. The fourth-order valence-corrected chi connectivity index (χ4v) is 1.61. The number of ether oxygens (including phenoxy) is 2. The van der Waals surface area contributed by atoms with Crippen molar-refractivity contribution in [3.63, 3.8) is 0 Å². The van der Waals surface area contributed by atoms with Crippen molar-refractivity contribution in [2.75, 3.05) is 13.3 Å². The van der Waals surface area contributed by atoms with Crippen LogP contribution >= 0.6 is 0 Å². The summed E-state index contributed by atoms with van der Waals surface area (Å²) in [6.07, 6.45) is 0.947. The Hall–Kier alpha value is -1.22. The first-order valence-corrected chi connectivity index (χ1v) is 4.89. The van der Waals surface area contributed by atoms with Crippen LogP contribution in [0.2, 0.25) is 0 Å². The van der Waals surface area contributed by atoms with Gasteiger partial charge in [-0.2, -0.15) is 0 Å². The van der Waals surface area contributed by atoms with Crippen molar-refractivity contribution < 1.29 is 9.47 Å². The second-order valence-corrected chi connectivity index (χ2v) is 3.70. The van der Waals surface area contributed by atoms with Gasteiger partial charge in [0.05, 0.1) is 0 Å². The smallest absolute Gasteiger partial charge is 0.231 e. The molecule has 0 saturated heterocycles. The summed E-state index contributed by atoms with van der Waals surface area (Å²) >= 11 is 0. The fraction of sp³-hybridized carbons (Fsp3) is 0.455. The van der Waals surface area contributed by atoms with Crippen LogP contribution in [0.4, 0.5) is 0 Å². The van der Waals surface area contributed by atoms with E-state index in [0.717, 1.165) is 17.9 Å². The minimum absolute atomic E-state index is 0.337. The molecule has 0 bridgehead atoms. The molecule has 0 aliphatic carbocycles. The second kappa shape index (κ2) is 3.88. The molecule has 0 amide bonds. The van der Waals surface area contributed by atoms with E-state index in [1.807, 2.05) is 12.1 Å². The molecule has 3 nitrogen and oxygen atoms in total. The molecule has 1 aliphatic heterocycles. The lowest BCUT2D eigenvalue weighted by Crippen LogP contribution is -2.13. The van der Waals surface area contributed by atoms with E-state index in [0.29, 0.717) is 19.3 Å². The Morgan fingerprint density at radius 2 is 2.29 bits per heavy atom. The summed E-state index contributed by atoms with van der Waals surface area (Å²) in [5.74, 6) is 2.23. The van der Waals surface area contributed by atoms with Crippen LogP contribution in [0.3, 0.4) is 0 Å². The van der Waals surface area contributed by atoms with Crippen molar-refractivity contribution >= 4 is 0 Å². The van der Waals surface area contributed by atoms with E-state index < -0.39 is 0 Å². The van der Waals surface area contributed by atoms with Crippen LogP contribution in [-0.4, -0.2) is 13.3 Å². The number of benzene rings is 1. The predicted molar refractivity (Wildman–Crippen MR) is 54.5 cm³/mol. The van der Waals surface area contributed by atoms with Crippen LogP contribution in [-0.2, 0) is 6.42 Å². The second-order valence-electron chi connectivity index (χ2n) is 3.70. The largest absolute Gasteiger partial charge is 0.454 e. The van der Waals surface area contributed by atoms with E-state index in [4.69, 9.17) is 15.2 Å². The fourth-order valence-electron chi connectivity index (χ4n) is 1.61. The lowest BCUT2D eigenvalue weighted by atomic mass is 10.0. The van der Waals surface area contributed by atoms with Gasteiger partial charge in [0, 0.05) is 0 Å². The van der Waals surface area contributed by atoms with Crippen LogP contribution in [0.5, 0.6) is 11.5 Å². The molecule has 0 spiro atoms. The Morgan fingerprint density at radius 1 is 1.43 bits per heavy atom. The van der Waals surface area contributed by atoms with E-state index >= 15 is 0 Å². The third-order valence-corrected chi connectivity index (χ3v) is 2.45. The Labute approximate surface area is 83.8 Å². The molecule has 0 radical (unpaired) electrons. The van der Waals surface area contributed by atoms with Crippen molar-refractivity contribution in [3.8, 4) is 11.5 Å². The summed E-state index contributed by atoms with van der Waals surface area (Å²) in [6.45, 7) is 3.17. The molecular weight excluding hydrogens is 178 g/mol. The molecule has 14 heavy (non-hydrogen) atoms. The van der Waals surface area contributed by atoms with Gasteiger partial charge in [-0.3, -0.25) is 0 Å². The molecule has 0 aromatic heterocycles. The maximum atomic E-state index is 5.59. The number of nitrogens with two attached hydrogens (primary N) is 1. The standard InChI is InChI=1S/C11H15NO2/c1-8(6-12)5-9-3-2-4-10-11(9)14-7-13-10/h2-4,8H,5-7,12H2,1H3/t8-/m1/s1. The molecule has 1 atom stereocenters. The minimum atomic E-state index is 0.337. The molecule has 2 rings (SSSR count). The zero-order chi connectivity index (χ0) is 9.97. The van der Waals surface area contributed by atoms with Gasteiger partial charge in [-0.1, -0.05) is 19.1 Å². The quantitative estimate of drug-likeness (QED) is 0.792. The number of para-hydroxylation sites is 1. The number of rotatable bonds is 3. The van der Waals surface area contributed by atoms with E-state index in [1.165, 1.54) is 5.56 Å². The van der Waals surface area contributed by atoms with Gasteiger partial charge < -0.3 is 15.2 Å². The van der Waals surface area contributed by atoms with Crippen LogP contribution < -0.4 is 15.2 Å². The number of hydrogen-bond acceptors (Lipinski definition) is 3. The Kier molecular flexibility index (Phi) is 2.59. The molecule has 1 aromatic carbocycles. The van der Waals surface area contributed by atoms with Gasteiger partial charge in [0.25, 0.3) is 0 Å². The van der Waals surface area contributed by atoms with Gasteiger partial charge >= 0.3 is 0 Å². The first kappa shape index (κ1) is 9.34. The topological polar surface area (TPSA) is 44.5 Å². The van der Waals surface area contributed by atoms with E-state index in [2.05, 4.69) is 13.0 Å². The zero-order valence-corrected chi connectivity index (χ0v) is 8.32. The summed E-state index contributed by atoms with van der Waals surface area (Å²) in [5.41, 5.74) is 6.79. The van der Waals surface area contributed by atoms with Crippen LogP contribution in [0.25, 0.3) is 0 Å². The molecule has 1 heterocycles. The van der Waals surface area contributed by atoms with Gasteiger partial charge in [0.1, 0.15) is 0 Å². The zero-order valence-electron chi connectivity index (χ0n) is 8.32. The van der Waals surface area contributed by atoms with Crippen molar-refractivity contribution in [2.45, 2.75) is 13.3 Å². The highest BCUT2D eigenvalue weighted by molar-refractivity contribution is 5.48. The van der Waals surface area contributed by atoms with Crippen LogP contribution in [0, 0.1) is 5.92 Å². The molecule has 1 aromatic rings. The van der Waals surface area contributed by atoms with Crippen molar-refractivity contribution in [3.05, 3.63) is 23.8 Å². The SMILES string of the molecule is C[C@@H](CN)Cc1cccc2c1OCO2. The molecule has 76 valence electrons. The summed E-state index contributed by atoms with van der Waals surface area (Å²) in [5, 5.41) is 0. The summed E-state index contributed by atoms with van der Waals surface area (Å²) in [6, 6.07) is 5.99. The molecule has 0 saturated carbocycles. The summed E-state index contributed by atoms with van der Waals surface area (Å²) in [7, 11) is 0. The van der Waals surface area contributed by atoms with E-state index in [-0.39, 0.29) is 0 Å². The maximum Gasteiger partial charge on any atom is 0.231 e. The van der Waals surface area contributed by atoms with Gasteiger partial charge in [-0.15, -0.1) is 0 Å². The normalized spacial score (nSPS) is 15.6. The predicted octanol–water partition coefficient (Wildman–Crippen LogP) is 1.55.